The average molecular weight is 482 g/mol. The van der Waals surface area contributed by atoms with E-state index in [2.05, 4.69) is 44.0 Å². The van der Waals surface area contributed by atoms with Crippen LogP contribution in [-0.2, 0) is 24.9 Å². The Morgan fingerprint density at radius 1 is 1.11 bits per heavy atom. The van der Waals surface area contributed by atoms with Gasteiger partial charge in [-0.25, -0.2) is 9.97 Å². The van der Waals surface area contributed by atoms with Crippen LogP contribution >= 0.6 is 0 Å². The number of carbonyl (C=O) groups is 1. The van der Waals surface area contributed by atoms with Crippen LogP contribution in [0.1, 0.15) is 21.6 Å². The summed E-state index contributed by atoms with van der Waals surface area (Å²) in [6, 6.07) is 12.6. The summed E-state index contributed by atoms with van der Waals surface area (Å²) in [7, 11) is 1.99. The Labute approximate surface area is 208 Å². The van der Waals surface area contributed by atoms with Crippen LogP contribution < -0.4 is 20.9 Å². The Hall–Kier alpha value is -3.95. The van der Waals surface area contributed by atoms with Gasteiger partial charge >= 0.3 is 0 Å². The minimum Gasteiger partial charge on any atom is -0.377 e. The van der Waals surface area contributed by atoms with Crippen LogP contribution in [-0.4, -0.2) is 52.8 Å². The molecule has 1 unspecified atom stereocenters. The van der Waals surface area contributed by atoms with Crippen molar-refractivity contribution in [3.63, 3.8) is 0 Å². The van der Waals surface area contributed by atoms with Crippen molar-refractivity contribution >= 4 is 34.1 Å². The van der Waals surface area contributed by atoms with Crippen molar-refractivity contribution in [3.05, 3.63) is 65.6 Å². The Kier molecular flexibility index (Phi) is 4.93. The third-order valence-electron chi connectivity index (χ3n) is 7.45. The lowest BCUT2D eigenvalue weighted by molar-refractivity contribution is 0.0946. The quantitative estimate of drug-likeness (QED) is 0.414. The van der Waals surface area contributed by atoms with E-state index in [4.69, 9.17) is 9.72 Å². The van der Waals surface area contributed by atoms with E-state index in [1.165, 1.54) is 0 Å². The van der Waals surface area contributed by atoms with Gasteiger partial charge in [0.2, 0.25) is 0 Å². The van der Waals surface area contributed by atoms with Gasteiger partial charge in [0, 0.05) is 51.0 Å². The van der Waals surface area contributed by atoms with Gasteiger partial charge in [0.15, 0.2) is 0 Å². The van der Waals surface area contributed by atoms with Crippen LogP contribution in [0.15, 0.2) is 48.8 Å². The summed E-state index contributed by atoms with van der Waals surface area (Å²) < 4.78 is 7.68. The number of amides is 1. The fourth-order valence-electron chi connectivity index (χ4n) is 5.70. The molecule has 9 nitrogen and oxygen atoms in total. The molecule has 3 N–H and O–H groups in total. The number of nitrogens with zero attached hydrogens (tertiary/aromatic N) is 4. The molecule has 7 rings (SSSR count). The first-order chi connectivity index (χ1) is 17.7. The van der Waals surface area contributed by atoms with Crippen LogP contribution in [0.5, 0.6) is 0 Å². The maximum atomic E-state index is 12.9. The van der Waals surface area contributed by atoms with Crippen molar-refractivity contribution in [3.8, 4) is 11.1 Å². The second-order valence-corrected chi connectivity index (χ2v) is 9.56. The van der Waals surface area contributed by atoms with Gasteiger partial charge in [-0.3, -0.25) is 4.79 Å². The topological polar surface area (TPSA) is 96.3 Å². The molecular weight excluding hydrogens is 454 g/mol. The molecule has 1 atom stereocenters. The minimum absolute atomic E-state index is 0.0692. The number of aryl methyl sites for hydroxylation is 1. The van der Waals surface area contributed by atoms with Crippen LogP contribution in [0, 0.1) is 0 Å². The summed E-state index contributed by atoms with van der Waals surface area (Å²) in [6.07, 6.45) is 3.84. The predicted octanol–water partition coefficient (Wildman–Crippen LogP) is 2.93. The van der Waals surface area contributed by atoms with E-state index in [1.54, 1.807) is 0 Å². The third kappa shape index (κ3) is 3.35. The SMILES string of the molecule is Cn1ccc2c(-c3ccc(Nc4ccc5c(n4)CNCC4COCCN54)c4c3CNC4=O)ccnc21. The Morgan fingerprint density at radius 2 is 2.06 bits per heavy atom. The molecule has 0 radical (unpaired) electrons. The molecule has 0 aliphatic carbocycles. The summed E-state index contributed by atoms with van der Waals surface area (Å²) in [5.74, 6) is 0.659. The molecule has 1 saturated heterocycles. The van der Waals surface area contributed by atoms with Crippen LogP contribution in [0.2, 0.25) is 0 Å². The number of pyridine rings is 2. The number of hydrogen-bond acceptors (Lipinski definition) is 7. The highest BCUT2D eigenvalue weighted by Gasteiger charge is 2.29. The second kappa shape index (κ2) is 8.32. The first-order valence-electron chi connectivity index (χ1n) is 12.3. The van der Waals surface area contributed by atoms with Crippen LogP contribution in [0.3, 0.4) is 0 Å². The van der Waals surface area contributed by atoms with Crippen molar-refractivity contribution in [2.24, 2.45) is 7.05 Å². The monoisotopic (exact) mass is 481 g/mol. The highest BCUT2D eigenvalue weighted by molar-refractivity contribution is 6.07. The summed E-state index contributed by atoms with van der Waals surface area (Å²) in [4.78, 5) is 24.8. The molecule has 36 heavy (non-hydrogen) atoms. The molecule has 0 spiro atoms. The van der Waals surface area contributed by atoms with Gasteiger partial charge in [-0.2, -0.15) is 0 Å². The molecule has 6 heterocycles. The maximum absolute atomic E-state index is 12.9. The Balaban J connectivity index is 1.26. The van der Waals surface area contributed by atoms with E-state index in [-0.39, 0.29) is 5.91 Å². The predicted molar refractivity (Wildman–Crippen MR) is 138 cm³/mol. The molecule has 4 aromatic rings. The maximum Gasteiger partial charge on any atom is 0.254 e. The minimum atomic E-state index is -0.0692. The second-order valence-electron chi connectivity index (χ2n) is 9.56. The van der Waals surface area contributed by atoms with Crippen molar-refractivity contribution in [2.45, 2.75) is 19.1 Å². The number of anilines is 3. The fourth-order valence-corrected chi connectivity index (χ4v) is 5.70. The molecule has 3 aliphatic heterocycles. The van der Waals surface area contributed by atoms with Crippen molar-refractivity contribution in [2.75, 3.05) is 36.5 Å². The normalized spacial score (nSPS) is 18.9. The Morgan fingerprint density at radius 3 is 3.00 bits per heavy atom. The first-order valence-corrected chi connectivity index (χ1v) is 12.3. The van der Waals surface area contributed by atoms with Gasteiger partial charge in [-0.15, -0.1) is 0 Å². The number of carbonyl (C=O) groups excluding carboxylic acids is 1. The number of nitrogens with one attached hydrogen (secondary N) is 3. The molecule has 1 amide bonds. The van der Waals surface area contributed by atoms with E-state index in [0.717, 1.165) is 76.9 Å². The molecule has 0 saturated carbocycles. The summed E-state index contributed by atoms with van der Waals surface area (Å²) in [5.41, 5.74) is 7.64. The highest BCUT2D eigenvalue weighted by atomic mass is 16.5. The molecule has 9 heteroatoms. The van der Waals surface area contributed by atoms with E-state index in [9.17, 15) is 4.79 Å². The van der Waals surface area contributed by atoms with Crippen LogP contribution in [0.4, 0.5) is 17.2 Å². The summed E-state index contributed by atoms with van der Waals surface area (Å²) in [6.45, 7) is 4.40. The molecule has 1 aromatic carbocycles. The van der Waals surface area contributed by atoms with Gasteiger partial charge in [0.1, 0.15) is 11.5 Å². The van der Waals surface area contributed by atoms with Crippen molar-refractivity contribution in [1.29, 1.82) is 0 Å². The van der Waals surface area contributed by atoms with Gasteiger partial charge in [-0.05, 0) is 47.0 Å². The number of rotatable bonds is 3. The number of fused-ring (bicyclic) bond motifs is 5. The summed E-state index contributed by atoms with van der Waals surface area (Å²) in [5, 5.41) is 11.0. The van der Waals surface area contributed by atoms with E-state index in [0.29, 0.717) is 24.7 Å². The van der Waals surface area contributed by atoms with E-state index < -0.39 is 0 Å². The number of hydrogen-bond donors (Lipinski definition) is 3. The van der Waals surface area contributed by atoms with E-state index in [1.807, 2.05) is 42.2 Å². The standard InChI is InChI=1S/C27H27N7O2/c1-33-9-7-19-18(6-8-29-26(19)33)17-2-3-21(25-20(17)13-30-27(25)35)31-24-5-4-23-22(32-24)14-28-12-16-15-36-11-10-34(16)23/h2-9,16,28H,10-15H2,1H3,(H,30,35)(H,31,32). The molecular formula is C27H27N7O2. The van der Waals surface area contributed by atoms with Gasteiger partial charge in [0.25, 0.3) is 5.91 Å². The third-order valence-corrected chi connectivity index (χ3v) is 7.45. The highest BCUT2D eigenvalue weighted by Crippen LogP contribution is 2.38. The smallest absolute Gasteiger partial charge is 0.254 e. The zero-order valence-corrected chi connectivity index (χ0v) is 20.0. The lowest BCUT2D eigenvalue weighted by Gasteiger charge is -2.36. The molecule has 3 aliphatic rings. The summed E-state index contributed by atoms with van der Waals surface area (Å²) >= 11 is 0. The lowest BCUT2D eigenvalue weighted by atomic mass is 9.94. The van der Waals surface area contributed by atoms with Crippen molar-refractivity contribution < 1.29 is 9.53 Å². The molecule has 182 valence electrons. The molecule has 3 aromatic heterocycles. The van der Waals surface area contributed by atoms with Gasteiger partial charge < -0.3 is 30.2 Å². The molecule has 1 fully saturated rings. The first kappa shape index (κ1) is 21.3. The fraction of sp³-hybridized carbons (Fsp3) is 0.296. The number of morpholine rings is 1. The zero-order valence-electron chi connectivity index (χ0n) is 20.0. The largest absolute Gasteiger partial charge is 0.377 e. The zero-order chi connectivity index (χ0) is 24.2. The van der Waals surface area contributed by atoms with Crippen LogP contribution in [0.25, 0.3) is 22.2 Å². The average Bonchev–Trinajstić information content (AvgIpc) is 3.42. The number of benzene rings is 1. The van der Waals surface area contributed by atoms with Gasteiger partial charge in [-0.1, -0.05) is 6.07 Å². The van der Waals surface area contributed by atoms with Crippen molar-refractivity contribution in [1.82, 2.24) is 25.2 Å². The lowest BCUT2D eigenvalue weighted by Crippen LogP contribution is -2.49. The number of aromatic nitrogens is 3. The van der Waals surface area contributed by atoms with E-state index >= 15 is 0 Å². The Bertz CT molecular complexity index is 1510. The molecule has 0 bridgehead atoms. The van der Waals surface area contributed by atoms with Gasteiger partial charge in [0.05, 0.1) is 41.9 Å². The number of ether oxygens (including phenoxy) is 1.